The summed E-state index contributed by atoms with van der Waals surface area (Å²) in [6, 6.07) is 5.94. The van der Waals surface area contributed by atoms with Gasteiger partial charge in [0.25, 0.3) is 0 Å². The zero-order valence-corrected chi connectivity index (χ0v) is 10.7. The van der Waals surface area contributed by atoms with Gasteiger partial charge in [0.2, 0.25) is 6.08 Å². The molecule has 1 heterocycles. The normalized spacial score (nSPS) is 17.5. The highest BCUT2D eigenvalue weighted by Crippen LogP contribution is 2.47. The second kappa shape index (κ2) is 3.83. The monoisotopic (exact) mass is 291 g/mol. The highest BCUT2D eigenvalue weighted by atomic mass is 79.9. The van der Waals surface area contributed by atoms with Gasteiger partial charge in [0.05, 0.1) is 4.47 Å². The van der Waals surface area contributed by atoms with Crippen LogP contribution < -0.4 is 0 Å². The molecule has 1 aliphatic rings. The van der Waals surface area contributed by atoms with Crippen molar-refractivity contribution in [2.45, 2.75) is 24.8 Å². The first-order valence-corrected chi connectivity index (χ1v) is 6.31. The number of halogens is 1. The average molecular weight is 292 g/mol. The van der Waals surface area contributed by atoms with Gasteiger partial charge in [-0.1, -0.05) is 12.1 Å². The van der Waals surface area contributed by atoms with Crippen molar-refractivity contribution >= 4 is 33.0 Å². The summed E-state index contributed by atoms with van der Waals surface area (Å²) in [5.41, 5.74) is 1.41. The predicted octanol–water partition coefficient (Wildman–Crippen LogP) is 3.91. The van der Waals surface area contributed by atoms with Gasteiger partial charge in [-0.25, -0.2) is 4.79 Å². The fourth-order valence-electron chi connectivity index (χ4n) is 2.43. The smallest absolute Gasteiger partial charge is 0.235 e. The zero-order valence-electron chi connectivity index (χ0n) is 9.07. The molecule has 0 aliphatic heterocycles. The maximum atomic E-state index is 10.6. The van der Waals surface area contributed by atoms with Gasteiger partial charge in [0.1, 0.15) is 17.4 Å². The van der Waals surface area contributed by atoms with Crippen molar-refractivity contribution in [2.75, 3.05) is 0 Å². The summed E-state index contributed by atoms with van der Waals surface area (Å²) >= 11 is 3.44. The van der Waals surface area contributed by atoms with Crippen LogP contribution in [0, 0.1) is 0 Å². The molecular weight excluding hydrogens is 282 g/mol. The number of nitrogens with zero attached hydrogens (tertiary/aromatic N) is 1. The molecule has 0 saturated heterocycles. The molecule has 0 atom stereocenters. The lowest BCUT2D eigenvalue weighted by molar-refractivity contribution is 0.256. The summed E-state index contributed by atoms with van der Waals surface area (Å²) < 4.78 is 6.50. The number of carbonyl (C=O) groups excluding carboxylic acids is 1. The Hall–Kier alpha value is -1.38. The van der Waals surface area contributed by atoms with E-state index in [4.69, 9.17) is 4.42 Å². The minimum Gasteiger partial charge on any atom is -0.463 e. The van der Waals surface area contributed by atoms with E-state index in [1.165, 1.54) is 0 Å². The Labute approximate surface area is 107 Å². The van der Waals surface area contributed by atoms with Crippen LogP contribution in [0.3, 0.4) is 0 Å². The van der Waals surface area contributed by atoms with Crippen LogP contribution in [-0.2, 0) is 10.3 Å². The third-order valence-electron chi connectivity index (χ3n) is 3.49. The van der Waals surface area contributed by atoms with Crippen LogP contribution in [-0.4, -0.2) is 6.08 Å². The molecule has 3 rings (SSSR count). The van der Waals surface area contributed by atoms with E-state index in [9.17, 15) is 4.79 Å². The quantitative estimate of drug-likeness (QED) is 0.622. The molecule has 1 saturated carbocycles. The first kappa shape index (κ1) is 10.8. The number of furan rings is 1. The Morgan fingerprint density at radius 2 is 2.24 bits per heavy atom. The third-order valence-corrected chi connectivity index (χ3v) is 4.11. The van der Waals surface area contributed by atoms with E-state index in [0.29, 0.717) is 0 Å². The number of aliphatic imine (C=N–C) groups is 1. The van der Waals surface area contributed by atoms with Gasteiger partial charge in [-0.3, -0.25) is 0 Å². The maximum Gasteiger partial charge on any atom is 0.235 e. The number of isocyanates is 1. The Bertz CT molecular complexity index is 621. The lowest BCUT2D eigenvalue weighted by Crippen LogP contribution is -2.31. The average Bonchev–Trinajstić information content (AvgIpc) is 2.66. The first-order valence-electron chi connectivity index (χ1n) is 5.52. The van der Waals surface area contributed by atoms with Crippen molar-refractivity contribution in [1.29, 1.82) is 0 Å². The molecule has 1 fully saturated rings. The van der Waals surface area contributed by atoms with E-state index >= 15 is 0 Å². The summed E-state index contributed by atoms with van der Waals surface area (Å²) in [7, 11) is 0. The highest BCUT2D eigenvalue weighted by molar-refractivity contribution is 9.10. The number of rotatable bonds is 2. The summed E-state index contributed by atoms with van der Waals surface area (Å²) in [4.78, 5) is 14.6. The van der Waals surface area contributed by atoms with Crippen molar-refractivity contribution in [3.05, 3.63) is 34.5 Å². The number of hydrogen-bond acceptors (Lipinski definition) is 3. The minimum absolute atomic E-state index is 0.404. The van der Waals surface area contributed by atoms with E-state index in [-0.39, 0.29) is 0 Å². The molecule has 17 heavy (non-hydrogen) atoms. The highest BCUT2D eigenvalue weighted by Gasteiger charge is 2.41. The molecule has 3 nitrogen and oxygen atoms in total. The SMILES string of the molecule is O=C=NC1(c2cccc3c(Br)coc23)CCC1. The Morgan fingerprint density at radius 1 is 1.41 bits per heavy atom. The molecule has 2 aromatic rings. The van der Waals surface area contributed by atoms with Crippen molar-refractivity contribution < 1.29 is 9.21 Å². The van der Waals surface area contributed by atoms with Gasteiger partial charge in [0, 0.05) is 10.9 Å². The minimum atomic E-state index is -0.404. The van der Waals surface area contributed by atoms with Gasteiger partial charge in [-0.05, 0) is 41.3 Å². The maximum absolute atomic E-state index is 10.6. The lowest BCUT2D eigenvalue weighted by Gasteiger charge is -2.36. The van der Waals surface area contributed by atoms with Gasteiger partial charge in [-0.15, -0.1) is 0 Å². The van der Waals surface area contributed by atoms with Gasteiger partial charge in [0.15, 0.2) is 0 Å². The van der Waals surface area contributed by atoms with Crippen molar-refractivity contribution in [1.82, 2.24) is 0 Å². The largest absolute Gasteiger partial charge is 0.463 e. The number of fused-ring (bicyclic) bond motifs is 1. The van der Waals surface area contributed by atoms with E-state index in [0.717, 1.165) is 40.3 Å². The Kier molecular flexibility index (Phi) is 2.42. The van der Waals surface area contributed by atoms with Crippen LogP contribution in [0.4, 0.5) is 0 Å². The zero-order chi connectivity index (χ0) is 11.9. The second-order valence-corrected chi connectivity index (χ2v) is 5.21. The molecule has 4 heteroatoms. The molecule has 86 valence electrons. The fraction of sp³-hybridized carbons (Fsp3) is 0.308. The summed E-state index contributed by atoms with van der Waals surface area (Å²) in [5.74, 6) is 0. The molecule has 0 N–H and O–H groups in total. The van der Waals surface area contributed by atoms with E-state index in [1.807, 2.05) is 18.2 Å². The second-order valence-electron chi connectivity index (χ2n) is 4.35. The number of hydrogen-bond donors (Lipinski definition) is 0. The first-order chi connectivity index (χ1) is 8.27. The summed E-state index contributed by atoms with van der Waals surface area (Å²) in [6.45, 7) is 0. The van der Waals surface area contributed by atoms with Crippen LogP contribution in [0.1, 0.15) is 24.8 Å². The molecule has 0 radical (unpaired) electrons. The van der Waals surface area contributed by atoms with Crippen LogP contribution in [0.25, 0.3) is 11.0 Å². The summed E-state index contributed by atoms with van der Waals surface area (Å²) in [5, 5.41) is 1.02. The number of para-hydroxylation sites is 1. The van der Waals surface area contributed by atoms with Crippen molar-refractivity contribution in [2.24, 2.45) is 4.99 Å². The van der Waals surface area contributed by atoms with Gasteiger partial charge >= 0.3 is 0 Å². The standard InChI is InChI=1S/C13H10BrNO2/c14-11-7-17-12-9(11)3-1-4-10(12)13(15-8-16)5-2-6-13/h1,3-4,7H,2,5-6H2. The Balaban J connectivity index is 2.26. The van der Waals surface area contributed by atoms with Crippen LogP contribution in [0.5, 0.6) is 0 Å². The molecular formula is C13H10BrNO2. The van der Waals surface area contributed by atoms with Gasteiger partial charge in [-0.2, -0.15) is 4.99 Å². The topological polar surface area (TPSA) is 42.6 Å². The van der Waals surface area contributed by atoms with Crippen molar-refractivity contribution in [3.63, 3.8) is 0 Å². The van der Waals surface area contributed by atoms with Crippen molar-refractivity contribution in [3.8, 4) is 0 Å². The molecule has 0 spiro atoms. The molecule has 0 bridgehead atoms. The van der Waals surface area contributed by atoms with Crippen LogP contribution in [0.15, 0.2) is 38.3 Å². The van der Waals surface area contributed by atoms with E-state index in [2.05, 4.69) is 20.9 Å². The molecule has 0 amide bonds. The third kappa shape index (κ3) is 1.48. The molecule has 0 unspecified atom stereocenters. The van der Waals surface area contributed by atoms with Gasteiger partial charge < -0.3 is 4.42 Å². The fourth-order valence-corrected chi connectivity index (χ4v) is 2.84. The molecule has 1 aliphatic carbocycles. The van der Waals surface area contributed by atoms with Crippen LogP contribution >= 0.6 is 15.9 Å². The summed E-state index contributed by atoms with van der Waals surface area (Å²) in [6.07, 6.45) is 6.24. The predicted molar refractivity (Wildman–Crippen MR) is 67.6 cm³/mol. The lowest BCUT2D eigenvalue weighted by atomic mass is 9.72. The molecule has 1 aromatic carbocycles. The molecule has 1 aromatic heterocycles. The van der Waals surface area contributed by atoms with E-state index < -0.39 is 5.54 Å². The van der Waals surface area contributed by atoms with E-state index in [1.54, 1.807) is 12.3 Å². The Morgan fingerprint density at radius 3 is 2.88 bits per heavy atom. The number of benzene rings is 1. The van der Waals surface area contributed by atoms with Crippen LogP contribution in [0.2, 0.25) is 0 Å².